The summed E-state index contributed by atoms with van der Waals surface area (Å²) in [6, 6.07) is 6.16. The number of hydrogen-bond donors (Lipinski definition) is 0. The van der Waals surface area contributed by atoms with E-state index in [1.54, 1.807) is 19.1 Å². The highest BCUT2D eigenvalue weighted by molar-refractivity contribution is 8.13. The molecule has 0 bridgehead atoms. The Kier molecular flexibility index (Phi) is 4.01. The summed E-state index contributed by atoms with van der Waals surface area (Å²) in [5, 5.41) is 0. The van der Waals surface area contributed by atoms with E-state index < -0.39 is 9.05 Å². The smallest absolute Gasteiger partial charge is 0.264 e. The molecule has 15 heavy (non-hydrogen) atoms. The minimum Gasteiger partial charge on any atom is -0.480 e. The minimum absolute atomic E-state index is 0.0374. The zero-order valence-electron chi connectivity index (χ0n) is 8.03. The van der Waals surface area contributed by atoms with Gasteiger partial charge < -0.3 is 4.74 Å². The van der Waals surface area contributed by atoms with E-state index in [0.29, 0.717) is 0 Å². The Morgan fingerprint density at radius 2 is 2.07 bits per heavy atom. The van der Waals surface area contributed by atoms with Crippen molar-refractivity contribution < 1.29 is 13.2 Å². The summed E-state index contributed by atoms with van der Waals surface area (Å²) in [5.74, 6) is 5.52. The summed E-state index contributed by atoms with van der Waals surface area (Å²) in [6.07, 6.45) is 0. The molecule has 1 aromatic carbocycles. The van der Waals surface area contributed by atoms with E-state index in [9.17, 15) is 8.42 Å². The molecule has 0 aliphatic carbocycles. The first kappa shape index (κ1) is 11.9. The van der Waals surface area contributed by atoms with Crippen molar-refractivity contribution in [3.63, 3.8) is 0 Å². The van der Waals surface area contributed by atoms with E-state index in [4.69, 9.17) is 15.4 Å². The Hall–Kier alpha value is -1.18. The third-order valence-electron chi connectivity index (χ3n) is 1.59. The van der Waals surface area contributed by atoms with E-state index in [1.807, 2.05) is 0 Å². The first-order chi connectivity index (χ1) is 7.05. The molecule has 1 aromatic rings. The molecule has 0 heterocycles. The van der Waals surface area contributed by atoms with Crippen molar-refractivity contribution in [2.75, 3.05) is 6.61 Å². The van der Waals surface area contributed by atoms with Gasteiger partial charge in [0.25, 0.3) is 9.05 Å². The predicted octanol–water partition coefficient (Wildman–Crippen LogP) is 2.02. The number of benzene rings is 1. The summed E-state index contributed by atoms with van der Waals surface area (Å²) in [7, 11) is 1.46. The lowest BCUT2D eigenvalue weighted by Crippen LogP contribution is -2.00. The highest BCUT2D eigenvalue weighted by Crippen LogP contribution is 2.26. The van der Waals surface area contributed by atoms with Crippen molar-refractivity contribution in [1.82, 2.24) is 0 Å². The third kappa shape index (κ3) is 3.46. The molecule has 1 rings (SSSR count). The number of para-hydroxylation sites is 1. The first-order valence-electron chi connectivity index (χ1n) is 4.12. The van der Waals surface area contributed by atoms with Gasteiger partial charge in [-0.15, -0.1) is 5.92 Å². The second-order valence-corrected chi connectivity index (χ2v) is 5.13. The van der Waals surface area contributed by atoms with Gasteiger partial charge in [-0.25, -0.2) is 8.42 Å². The summed E-state index contributed by atoms with van der Waals surface area (Å²) in [5.41, 5.74) is 0. The molecule has 0 unspecified atom stereocenters. The molecule has 80 valence electrons. The van der Waals surface area contributed by atoms with Crippen LogP contribution in [0.2, 0.25) is 0 Å². The molecule has 0 radical (unpaired) electrons. The molecule has 0 saturated carbocycles. The summed E-state index contributed by atoms with van der Waals surface area (Å²) >= 11 is 0. The van der Waals surface area contributed by atoms with Gasteiger partial charge in [0.1, 0.15) is 17.3 Å². The SMILES string of the molecule is CC#CCOc1ccccc1S(=O)(=O)Cl. The molecule has 3 nitrogen and oxygen atoms in total. The zero-order valence-corrected chi connectivity index (χ0v) is 9.60. The van der Waals surface area contributed by atoms with Gasteiger partial charge in [-0.2, -0.15) is 0 Å². The van der Waals surface area contributed by atoms with Crippen LogP contribution in [0, 0.1) is 11.8 Å². The number of ether oxygens (including phenoxy) is 1. The van der Waals surface area contributed by atoms with Crippen LogP contribution in [-0.2, 0) is 9.05 Å². The average Bonchev–Trinajstić information content (AvgIpc) is 2.17. The summed E-state index contributed by atoms with van der Waals surface area (Å²) in [6.45, 7) is 1.81. The second-order valence-electron chi connectivity index (χ2n) is 2.60. The van der Waals surface area contributed by atoms with Crippen LogP contribution in [0.5, 0.6) is 5.75 Å². The summed E-state index contributed by atoms with van der Waals surface area (Å²) < 4.78 is 27.4. The van der Waals surface area contributed by atoms with Gasteiger partial charge in [-0.1, -0.05) is 18.1 Å². The number of rotatable bonds is 3. The number of halogens is 1. The lowest BCUT2D eigenvalue weighted by atomic mass is 10.3. The molecule has 0 N–H and O–H groups in total. The van der Waals surface area contributed by atoms with Crippen molar-refractivity contribution in [2.24, 2.45) is 0 Å². The largest absolute Gasteiger partial charge is 0.480 e. The Balaban J connectivity index is 3.01. The fourth-order valence-corrected chi connectivity index (χ4v) is 1.95. The highest BCUT2D eigenvalue weighted by atomic mass is 35.7. The van der Waals surface area contributed by atoms with Crippen LogP contribution in [0.1, 0.15) is 6.92 Å². The van der Waals surface area contributed by atoms with Crippen LogP contribution in [0.4, 0.5) is 0 Å². The van der Waals surface area contributed by atoms with E-state index in [1.165, 1.54) is 12.1 Å². The first-order valence-corrected chi connectivity index (χ1v) is 6.42. The standard InChI is InChI=1S/C10H9ClO3S/c1-2-3-8-14-9-6-4-5-7-10(9)15(11,12)13/h4-7H,8H2,1H3. The van der Waals surface area contributed by atoms with Gasteiger partial charge in [0.15, 0.2) is 0 Å². The normalized spacial score (nSPS) is 10.3. The predicted molar refractivity (Wildman–Crippen MR) is 58.4 cm³/mol. The molecule has 0 aliphatic rings. The molecule has 0 spiro atoms. The Bertz CT molecular complexity index is 497. The van der Waals surface area contributed by atoms with Crippen molar-refractivity contribution in [2.45, 2.75) is 11.8 Å². The van der Waals surface area contributed by atoms with E-state index in [0.717, 1.165) is 0 Å². The molecular weight excluding hydrogens is 236 g/mol. The summed E-state index contributed by atoms with van der Waals surface area (Å²) in [4.78, 5) is -0.0374. The van der Waals surface area contributed by atoms with Gasteiger partial charge in [-0.05, 0) is 19.1 Å². The topological polar surface area (TPSA) is 43.4 Å². The zero-order chi connectivity index (χ0) is 11.3. The van der Waals surface area contributed by atoms with Crippen LogP contribution in [-0.4, -0.2) is 15.0 Å². The van der Waals surface area contributed by atoms with E-state index in [-0.39, 0.29) is 17.3 Å². The van der Waals surface area contributed by atoms with Gasteiger partial charge in [0, 0.05) is 10.7 Å². The fraction of sp³-hybridized carbons (Fsp3) is 0.200. The molecule has 0 atom stereocenters. The monoisotopic (exact) mass is 244 g/mol. The van der Waals surface area contributed by atoms with Crippen molar-refractivity contribution >= 4 is 19.7 Å². The Labute approximate surface area is 93.4 Å². The minimum atomic E-state index is -3.77. The lowest BCUT2D eigenvalue weighted by molar-refractivity contribution is 0.360. The maximum Gasteiger partial charge on any atom is 0.264 e. The quantitative estimate of drug-likeness (QED) is 0.604. The Morgan fingerprint density at radius 3 is 2.67 bits per heavy atom. The molecule has 0 aromatic heterocycles. The highest BCUT2D eigenvalue weighted by Gasteiger charge is 2.15. The van der Waals surface area contributed by atoms with Crippen LogP contribution in [0.3, 0.4) is 0 Å². The van der Waals surface area contributed by atoms with Crippen LogP contribution < -0.4 is 4.74 Å². The van der Waals surface area contributed by atoms with Gasteiger partial charge in [-0.3, -0.25) is 0 Å². The molecular formula is C10H9ClO3S. The van der Waals surface area contributed by atoms with E-state index in [2.05, 4.69) is 11.8 Å². The average molecular weight is 245 g/mol. The maximum absolute atomic E-state index is 11.1. The van der Waals surface area contributed by atoms with Gasteiger partial charge in [0.05, 0.1) is 0 Å². The van der Waals surface area contributed by atoms with Crippen LogP contribution in [0.25, 0.3) is 0 Å². The maximum atomic E-state index is 11.1. The van der Waals surface area contributed by atoms with Crippen LogP contribution in [0.15, 0.2) is 29.2 Å². The van der Waals surface area contributed by atoms with Crippen LogP contribution >= 0.6 is 10.7 Å². The van der Waals surface area contributed by atoms with Crippen molar-refractivity contribution in [3.8, 4) is 17.6 Å². The van der Waals surface area contributed by atoms with Gasteiger partial charge in [0.2, 0.25) is 0 Å². The molecule has 0 fully saturated rings. The molecule has 0 saturated heterocycles. The van der Waals surface area contributed by atoms with E-state index >= 15 is 0 Å². The molecule has 0 aliphatic heterocycles. The van der Waals surface area contributed by atoms with Gasteiger partial charge >= 0.3 is 0 Å². The van der Waals surface area contributed by atoms with Crippen molar-refractivity contribution in [1.29, 1.82) is 0 Å². The lowest BCUT2D eigenvalue weighted by Gasteiger charge is -2.05. The number of hydrogen-bond acceptors (Lipinski definition) is 3. The Morgan fingerprint density at radius 1 is 1.40 bits per heavy atom. The second kappa shape index (κ2) is 5.06. The fourth-order valence-electron chi connectivity index (χ4n) is 0.957. The van der Waals surface area contributed by atoms with Crippen molar-refractivity contribution in [3.05, 3.63) is 24.3 Å². The molecule has 5 heteroatoms. The molecule has 0 amide bonds. The third-order valence-corrected chi connectivity index (χ3v) is 2.95.